The lowest BCUT2D eigenvalue weighted by Gasteiger charge is -2.10. The van der Waals surface area contributed by atoms with Gasteiger partial charge in [-0.1, -0.05) is 85.8 Å². The van der Waals surface area contributed by atoms with Gasteiger partial charge in [0.25, 0.3) is 0 Å². The average molecular weight is 322 g/mol. The summed E-state index contributed by atoms with van der Waals surface area (Å²) in [6, 6.07) is 6.02. The number of carbonyl (C=O) groups is 1. The minimum atomic E-state index is 0.0707. The second-order valence-corrected chi connectivity index (χ2v) is 5.41. The van der Waals surface area contributed by atoms with Crippen LogP contribution >= 0.6 is 0 Å². The van der Waals surface area contributed by atoms with E-state index in [0.29, 0.717) is 6.42 Å². The van der Waals surface area contributed by atoms with Crippen molar-refractivity contribution in [2.75, 3.05) is 5.32 Å². The van der Waals surface area contributed by atoms with Crippen LogP contribution < -0.4 is 5.32 Å². The molecule has 134 valence electrons. The molecule has 0 aliphatic rings. The van der Waals surface area contributed by atoms with Crippen molar-refractivity contribution < 1.29 is 4.79 Å². The number of unbranched alkanes of at least 4 members (excludes halogenated alkanes) is 4. The first-order chi connectivity index (χ1) is 11.1. The standard InChI is InChI=1S/C12H17NO.C7H16.C2H6/c1-4-10-7-6-8-11(9(10)3)13-12(14)5-2;1-3-5-7-6-4-2;1-2/h6-8H,4-5H2,1-3H3,(H,13,14);3-7H2,1-2H3;1-2H3. The molecule has 0 bridgehead atoms. The van der Waals surface area contributed by atoms with Gasteiger partial charge in [-0.2, -0.15) is 0 Å². The molecule has 23 heavy (non-hydrogen) atoms. The van der Waals surface area contributed by atoms with E-state index in [0.717, 1.165) is 12.1 Å². The Morgan fingerprint density at radius 1 is 0.957 bits per heavy atom. The van der Waals surface area contributed by atoms with Gasteiger partial charge in [0.1, 0.15) is 0 Å². The third kappa shape index (κ3) is 11.9. The Balaban J connectivity index is 0. The van der Waals surface area contributed by atoms with E-state index in [1.165, 1.54) is 43.2 Å². The summed E-state index contributed by atoms with van der Waals surface area (Å²) < 4.78 is 0. The van der Waals surface area contributed by atoms with Crippen LogP contribution in [0.1, 0.15) is 91.2 Å². The summed E-state index contributed by atoms with van der Waals surface area (Å²) in [6.07, 6.45) is 8.53. The smallest absolute Gasteiger partial charge is 0.224 e. The second kappa shape index (κ2) is 17.1. The van der Waals surface area contributed by atoms with E-state index in [2.05, 4.69) is 32.2 Å². The van der Waals surface area contributed by atoms with E-state index in [-0.39, 0.29) is 5.91 Å². The predicted molar refractivity (Wildman–Crippen MR) is 105 cm³/mol. The number of hydrogen-bond acceptors (Lipinski definition) is 1. The lowest BCUT2D eigenvalue weighted by molar-refractivity contribution is -0.115. The molecule has 1 amide bonds. The molecule has 0 spiro atoms. The van der Waals surface area contributed by atoms with Crippen molar-refractivity contribution >= 4 is 11.6 Å². The first-order valence-corrected chi connectivity index (χ1v) is 9.48. The number of anilines is 1. The molecule has 0 radical (unpaired) electrons. The van der Waals surface area contributed by atoms with Gasteiger partial charge in [-0.15, -0.1) is 0 Å². The molecule has 1 rings (SSSR count). The summed E-state index contributed by atoms with van der Waals surface area (Å²) >= 11 is 0. The van der Waals surface area contributed by atoms with Crippen molar-refractivity contribution in [3.8, 4) is 0 Å². The van der Waals surface area contributed by atoms with Gasteiger partial charge in [-0.05, 0) is 30.5 Å². The normalized spacial score (nSPS) is 9.17. The van der Waals surface area contributed by atoms with Crippen molar-refractivity contribution in [1.29, 1.82) is 0 Å². The largest absolute Gasteiger partial charge is 0.326 e. The van der Waals surface area contributed by atoms with Gasteiger partial charge in [-0.25, -0.2) is 0 Å². The Kier molecular flexibility index (Phi) is 17.8. The molecule has 0 aliphatic carbocycles. The van der Waals surface area contributed by atoms with Gasteiger partial charge < -0.3 is 5.32 Å². The molecule has 0 fully saturated rings. The number of aryl methyl sites for hydroxylation is 1. The van der Waals surface area contributed by atoms with E-state index in [1.807, 2.05) is 39.8 Å². The van der Waals surface area contributed by atoms with Crippen molar-refractivity contribution in [3.05, 3.63) is 29.3 Å². The molecular weight excluding hydrogens is 282 g/mol. The summed E-state index contributed by atoms with van der Waals surface area (Å²) in [5, 5.41) is 2.90. The molecule has 1 N–H and O–H groups in total. The lowest BCUT2D eigenvalue weighted by Crippen LogP contribution is -2.11. The quantitative estimate of drug-likeness (QED) is 0.543. The van der Waals surface area contributed by atoms with E-state index in [9.17, 15) is 4.79 Å². The molecule has 0 unspecified atom stereocenters. The highest BCUT2D eigenvalue weighted by Crippen LogP contribution is 2.19. The van der Waals surface area contributed by atoms with Crippen LogP contribution in [0.4, 0.5) is 5.69 Å². The monoisotopic (exact) mass is 321 g/mol. The van der Waals surface area contributed by atoms with Gasteiger partial charge in [0.15, 0.2) is 0 Å². The van der Waals surface area contributed by atoms with E-state index >= 15 is 0 Å². The molecular formula is C21H39NO. The van der Waals surface area contributed by atoms with Gasteiger partial charge >= 0.3 is 0 Å². The zero-order valence-electron chi connectivity index (χ0n) is 16.6. The minimum absolute atomic E-state index is 0.0707. The average Bonchev–Trinajstić information content (AvgIpc) is 2.59. The van der Waals surface area contributed by atoms with Gasteiger partial charge in [0.2, 0.25) is 5.91 Å². The summed E-state index contributed by atoms with van der Waals surface area (Å²) in [6.45, 7) is 14.5. The molecule has 0 heterocycles. The molecule has 0 aliphatic heterocycles. The SMILES string of the molecule is CC.CCC(=O)Nc1cccc(CC)c1C.CCCCCCC. The van der Waals surface area contributed by atoms with Gasteiger partial charge in [0, 0.05) is 12.1 Å². The summed E-state index contributed by atoms with van der Waals surface area (Å²) in [4.78, 5) is 11.2. The fourth-order valence-electron chi connectivity index (χ4n) is 2.12. The number of rotatable bonds is 7. The van der Waals surface area contributed by atoms with Crippen molar-refractivity contribution in [2.45, 2.75) is 93.4 Å². The molecule has 1 aromatic rings. The third-order valence-electron chi connectivity index (χ3n) is 3.63. The lowest BCUT2D eigenvalue weighted by atomic mass is 10.0. The highest BCUT2D eigenvalue weighted by Gasteiger charge is 2.04. The molecule has 0 atom stereocenters. The van der Waals surface area contributed by atoms with Crippen molar-refractivity contribution in [2.24, 2.45) is 0 Å². The van der Waals surface area contributed by atoms with Crippen molar-refractivity contribution in [3.63, 3.8) is 0 Å². The van der Waals surface area contributed by atoms with E-state index < -0.39 is 0 Å². The van der Waals surface area contributed by atoms with Gasteiger partial charge in [-0.3, -0.25) is 4.79 Å². The second-order valence-electron chi connectivity index (χ2n) is 5.41. The van der Waals surface area contributed by atoms with Crippen LogP contribution in [-0.4, -0.2) is 5.91 Å². The zero-order chi connectivity index (χ0) is 18.1. The highest BCUT2D eigenvalue weighted by atomic mass is 16.1. The Labute approximate surface area is 145 Å². The van der Waals surface area contributed by atoms with E-state index in [1.54, 1.807) is 0 Å². The highest BCUT2D eigenvalue weighted by molar-refractivity contribution is 5.91. The summed E-state index contributed by atoms with van der Waals surface area (Å²) in [5.74, 6) is 0.0707. The summed E-state index contributed by atoms with van der Waals surface area (Å²) in [7, 11) is 0. The van der Waals surface area contributed by atoms with E-state index in [4.69, 9.17) is 0 Å². The Hall–Kier alpha value is -1.31. The number of hydrogen-bond donors (Lipinski definition) is 1. The molecule has 2 heteroatoms. The van der Waals surface area contributed by atoms with Crippen LogP contribution in [0.5, 0.6) is 0 Å². The maximum atomic E-state index is 11.2. The van der Waals surface area contributed by atoms with Crippen LogP contribution in [0.15, 0.2) is 18.2 Å². The number of benzene rings is 1. The molecule has 0 saturated carbocycles. The molecule has 2 nitrogen and oxygen atoms in total. The Morgan fingerprint density at radius 2 is 1.52 bits per heavy atom. The zero-order valence-corrected chi connectivity index (χ0v) is 16.6. The van der Waals surface area contributed by atoms with Crippen molar-refractivity contribution in [1.82, 2.24) is 0 Å². The maximum absolute atomic E-state index is 11.2. The number of nitrogens with one attached hydrogen (secondary N) is 1. The number of amides is 1. The van der Waals surface area contributed by atoms with Crippen LogP contribution in [0.25, 0.3) is 0 Å². The first kappa shape index (κ1) is 23.9. The van der Waals surface area contributed by atoms with Crippen LogP contribution in [0.3, 0.4) is 0 Å². The molecule has 0 saturated heterocycles. The Morgan fingerprint density at radius 3 is 1.96 bits per heavy atom. The number of carbonyl (C=O) groups excluding carboxylic acids is 1. The predicted octanol–water partition coefficient (Wildman–Crippen LogP) is 6.91. The maximum Gasteiger partial charge on any atom is 0.224 e. The molecule has 1 aromatic carbocycles. The topological polar surface area (TPSA) is 29.1 Å². The first-order valence-electron chi connectivity index (χ1n) is 9.48. The molecule has 0 aromatic heterocycles. The van der Waals surface area contributed by atoms with Gasteiger partial charge in [0.05, 0.1) is 0 Å². The Bertz CT molecular complexity index is 395. The van der Waals surface area contributed by atoms with Crippen LogP contribution in [-0.2, 0) is 11.2 Å². The fraction of sp³-hybridized carbons (Fsp3) is 0.667. The third-order valence-corrected chi connectivity index (χ3v) is 3.63. The summed E-state index contributed by atoms with van der Waals surface area (Å²) in [5.41, 5.74) is 3.41. The fourth-order valence-corrected chi connectivity index (χ4v) is 2.12. The van der Waals surface area contributed by atoms with Crippen LogP contribution in [0, 0.1) is 6.92 Å². The minimum Gasteiger partial charge on any atom is -0.326 e. The van der Waals surface area contributed by atoms with Crippen LogP contribution in [0.2, 0.25) is 0 Å².